The summed E-state index contributed by atoms with van der Waals surface area (Å²) in [5, 5.41) is 22.9. The number of nitrogens with zero attached hydrogens (tertiary/aromatic N) is 1. The second kappa shape index (κ2) is 5.45. The Bertz CT molecular complexity index is 840. The predicted octanol–water partition coefficient (Wildman–Crippen LogP) is 3.95. The van der Waals surface area contributed by atoms with Crippen molar-refractivity contribution >= 4 is 28.9 Å². The van der Waals surface area contributed by atoms with E-state index in [9.17, 15) is 10.4 Å². The molecule has 0 spiro atoms. The minimum absolute atomic E-state index is 0.118. The van der Waals surface area contributed by atoms with Crippen molar-refractivity contribution in [1.82, 2.24) is 0 Å². The number of rotatable bonds is 1. The number of allylic oxidation sites excluding steroid dienone is 1. The molecule has 0 amide bonds. The van der Waals surface area contributed by atoms with E-state index in [-0.39, 0.29) is 17.5 Å². The Morgan fingerprint density at radius 3 is 2.59 bits per heavy atom. The zero-order valence-corrected chi connectivity index (χ0v) is 12.8. The van der Waals surface area contributed by atoms with Crippen LogP contribution < -0.4 is 11.1 Å². The summed E-state index contributed by atoms with van der Waals surface area (Å²) in [5.74, 6) is 0.0145. The van der Waals surface area contributed by atoms with Gasteiger partial charge in [-0.1, -0.05) is 35.3 Å². The number of hydrogen-bond acceptors (Lipinski definition) is 4. The second-order valence-corrected chi connectivity index (χ2v) is 5.76. The van der Waals surface area contributed by atoms with Gasteiger partial charge in [-0.25, -0.2) is 0 Å². The highest BCUT2D eigenvalue weighted by atomic mass is 35.5. The normalized spacial score (nSPS) is 16.7. The van der Waals surface area contributed by atoms with Crippen LogP contribution in [-0.4, -0.2) is 5.11 Å². The lowest BCUT2D eigenvalue weighted by Gasteiger charge is -2.27. The van der Waals surface area contributed by atoms with Crippen molar-refractivity contribution in [2.45, 2.75) is 5.92 Å². The fraction of sp³-hybridized carbons (Fsp3) is 0.0625. The van der Waals surface area contributed by atoms with Gasteiger partial charge in [0.1, 0.15) is 11.6 Å². The first-order valence-electron chi connectivity index (χ1n) is 6.46. The molecule has 2 aromatic rings. The molecule has 0 saturated carbocycles. The Labute approximate surface area is 137 Å². The maximum atomic E-state index is 9.63. The van der Waals surface area contributed by atoms with Gasteiger partial charge in [0.05, 0.1) is 21.7 Å². The molecule has 0 radical (unpaired) electrons. The van der Waals surface area contributed by atoms with Crippen molar-refractivity contribution in [3.63, 3.8) is 0 Å². The highest BCUT2D eigenvalue weighted by molar-refractivity contribution is 6.42. The minimum atomic E-state index is -0.364. The van der Waals surface area contributed by atoms with E-state index >= 15 is 0 Å². The maximum Gasteiger partial charge on any atom is 0.117 e. The molecule has 3 rings (SSSR count). The second-order valence-electron chi connectivity index (χ2n) is 4.94. The Morgan fingerprint density at radius 2 is 1.91 bits per heavy atom. The molecule has 22 heavy (non-hydrogen) atoms. The topological polar surface area (TPSA) is 82.1 Å². The molecule has 0 unspecified atom stereocenters. The number of aromatic hydroxyl groups is 1. The molecule has 1 aliphatic heterocycles. The van der Waals surface area contributed by atoms with Crippen molar-refractivity contribution in [3.8, 4) is 11.8 Å². The van der Waals surface area contributed by atoms with Gasteiger partial charge in [-0.05, 0) is 29.3 Å². The molecule has 0 aliphatic carbocycles. The molecule has 1 atom stereocenters. The number of hydrogen-bond donors (Lipinski definition) is 3. The van der Waals surface area contributed by atoms with Crippen LogP contribution in [-0.2, 0) is 0 Å². The fourth-order valence-electron chi connectivity index (χ4n) is 2.59. The lowest BCUT2D eigenvalue weighted by Crippen LogP contribution is -2.23. The van der Waals surface area contributed by atoms with Gasteiger partial charge in [0.25, 0.3) is 0 Å². The van der Waals surface area contributed by atoms with Gasteiger partial charge < -0.3 is 16.2 Å². The number of phenolic OH excluding ortho intramolecular Hbond substituents is 1. The average Bonchev–Trinajstić information content (AvgIpc) is 2.48. The Balaban J connectivity index is 2.23. The van der Waals surface area contributed by atoms with Gasteiger partial charge in [0, 0.05) is 17.7 Å². The van der Waals surface area contributed by atoms with Crippen LogP contribution in [0.25, 0.3) is 0 Å². The Morgan fingerprint density at radius 1 is 1.14 bits per heavy atom. The van der Waals surface area contributed by atoms with Crippen LogP contribution in [0.4, 0.5) is 5.69 Å². The van der Waals surface area contributed by atoms with Gasteiger partial charge in [0.15, 0.2) is 0 Å². The van der Waals surface area contributed by atoms with Crippen LogP contribution >= 0.6 is 23.2 Å². The third-order valence-electron chi connectivity index (χ3n) is 3.59. The average molecular weight is 332 g/mol. The summed E-state index contributed by atoms with van der Waals surface area (Å²) in [7, 11) is 0. The highest BCUT2D eigenvalue weighted by Crippen LogP contribution is 2.42. The molecule has 6 heteroatoms. The van der Waals surface area contributed by atoms with Crippen LogP contribution in [0.1, 0.15) is 17.0 Å². The third-order valence-corrected chi connectivity index (χ3v) is 4.33. The number of nitrogens with one attached hydrogen (secondary N) is 1. The van der Waals surface area contributed by atoms with Gasteiger partial charge in [-0.3, -0.25) is 0 Å². The van der Waals surface area contributed by atoms with Crippen molar-refractivity contribution < 1.29 is 5.11 Å². The summed E-state index contributed by atoms with van der Waals surface area (Å²) in [4.78, 5) is 0. The van der Waals surface area contributed by atoms with Crippen LogP contribution in [0.5, 0.6) is 5.75 Å². The van der Waals surface area contributed by atoms with Crippen LogP contribution in [0.15, 0.2) is 47.8 Å². The first kappa shape index (κ1) is 14.6. The molecule has 2 aromatic carbocycles. The smallest absolute Gasteiger partial charge is 0.117 e. The first-order valence-corrected chi connectivity index (χ1v) is 7.21. The van der Waals surface area contributed by atoms with Crippen LogP contribution in [0.2, 0.25) is 10.0 Å². The van der Waals surface area contributed by atoms with Crippen molar-refractivity contribution in [2.75, 3.05) is 5.32 Å². The summed E-state index contributed by atoms with van der Waals surface area (Å²) < 4.78 is 0. The first-order chi connectivity index (χ1) is 10.5. The summed E-state index contributed by atoms with van der Waals surface area (Å²) >= 11 is 12.1. The van der Waals surface area contributed by atoms with E-state index < -0.39 is 0 Å². The molecule has 4 N–H and O–H groups in total. The maximum absolute atomic E-state index is 9.63. The van der Waals surface area contributed by atoms with Crippen molar-refractivity contribution in [2.24, 2.45) is 5.73 Å². The predicted molar refractivity (Wildman–Crippen MR) is 86.9 cm³/mol. The van der Waals surface area contributed by atoms with Crippen molar-refractivity contribution in [1.29, 1.82) is 5.26 Å². The van der Waals surface area contributed by atoms with E-state index in [0.717, 1.165) is 11.1 Å². The molecule has 0 fully saturated rings. The molecule has 1 aliphatic rings. The molecule has 110 valence electrons. The van der Waals surface area contributed by atoms with E-state index in [4.69, 9.17) is 28.9 Å². The standard InChI is InChI=1S/C16H11Cl2N3O/c17-12-4-1-8(5-13(12)18)15-10-3-2-9(22)6-14(10)21-16(20)11(15)7-19/h1-6,15,21-22H,20H2/t15-/m0/s1. The molecule has 1 heterocycles. The molecule has 0 bridgehead atoms. The molecule has 0 saturated heterocycles. The number of halogens is 2. The minimum Gasteiger partial charge on any atom is -0.508 e. The van der Waals surface area contributed by atoms with Gasteiger partial charge in [-0.15, -0.1) is 0 Å². The SMILES string of the molecule is N#CC1=C(N)Nc2cc(O)ccc2[C@@H]1c1ccc(Cl)c(Cl)c1. The lowest BCUT2D eigenvalue weighted by molar-refractivity contribution is 0.475. The number of nitriles is 1. The lowest BCUT2D eigenvalue weighted by atomic mass is 9.82. The zero-order chi connectivity index (χ0) is 15.9. The summed E-state index contributed by atoms with van der Waals surface area (Å²) in [6.07, 6.45) is 0. The number of anilines is 1. The summed E-state index contributed by atoms with van der Waals surface area (Å²) in [5.41, 5.74) is 8.66. The van der Waals surface area contributed by atoms with E-state index in [0.29, 0.717) is 21.3 Å². The monoisotopic (exact) mass is 331 g/mol. The molecular formula is C16H11Cl2N3O. The third kappa shape index (κ3) is 2.35. The van der Waals surface area contributed by atoms with E-state index in [1.54, 1.807) is 30.3 Å². The summed E-state index contributed by atoms with van der Waals surface area (Å²) in [6, 6.07) is 12.3. The zero-order valence-electron chi connectivity index (χ0n) is 11.3. The largest absolute Gasteiger partial charge is 0.508 e. The fourth-order valence-corrected chi connectivity index (χ4v) is 2.90. The van der Waals surface area contributed by atoms with Gasteiger partial charge >= 0.3 is 0 Å². The Kier molecular flexibility index (Phi) is 3.61. The highest BCUT2D eigenvalue weighted by Gasteiger charge is 2.29. The van der Waals surface area contributed by atoms with Crippen LogP contribution in [0.3, 0.4) is 0 Å². The number of nitrogens with two attached hydrogens (primary N) is 1. The number of fused-ring (bicyclic) bond motifs is 1. The molecule has 4 nitrogen and oxygen atoms in total. The quantitative estimate of drug-likeness (QED) is 0.738. The van der Waals surface area contributed by atoms with E-state index in [1.807, 2.05) is 6.07 Å². The Hall–Kier alpha value is -2.35. The van der Waals surface area contributed by atoms with Crippen LogP contribution in [0, 0.1) is 11.3 Å². The number of phenols is 1. The van der Waals surface area contributed by atoms with Crippen molar-refractivity contribution in [3.05, 3.63) is 69.0 Å². The summed E-state index contributed by atoms with van der Waals surface area (Å²) in [6.45, 7) is 0. The van der Waals surface area contributed by atoms with Gasteiger partial charge in [0.2, 0.25) is 0 Å². The van der Waals surface area contributed by atoms with Gasteiger partial charge in [-0.2, -0.15) is 5.26 Å². The molecular weight excluding hydrogens is 321 g/mol. The molecule has 0 aromatic heterocycles. The van der Waals surface area contributed by atoms with E-state index in [1.165, 1.54) is 0 Å². The number of benzene rings is 2. The van der Waals surface area contributed by atoms with E-state index in [2.05, 4.69) is 11.4 Å².